The summed E-state index contributed by atoms with van der Waals surface area (Å²) >= 11 is 0. The first-order chi connectivity index (χ1) is 12.5. The maximum atomic E-state index is 13.0. The topological polar surface area (TPSA) is 70.4 Å². The van der Waals surface area contributed by atoms with Gasteiger partial charge < -0.3 is 4.74 Å². The fourth-order valence-electron chi connectivity index (χ4n) is 3.32. The van der Waals surface area contributed by atoms with Crippen LogP contribution in [0.15, 0.2) is 53.4 Å². The van der Waals surface area contributed by atoms with Crippen LogP contribution in [0.4, 0.5) is 0 Å². The molecule has 0 N–H and O–H groups in total. The van der Waals surface area contributed by atoms with Gasteiger partial charge >= 0.3 is 0 Å². The van der Waals surface area contributed by atoms with Crippen molar-refractivity contribution in [3.05, 3.63) is 59.7 Å². The number of hydrogen-bond acceptors (Lipinski definition) is 4. The first-order valence-electron chi connectivity index (χ1n) is 8.69. The molecule has 136 valence electrons. The Bertz CT molecular complexity index is 884. The summed E-state index contributed by atoms with van der Waals surface area (Å²) < 4.78 is 32.9. The summed E-state index contributed by atoms with van der Waals surface area (Å²) in [6.45, 7) is 0.990. The highest BCUT2D eigenvalue weighted by Crippen LogP contribution is 2.30. The summed E-state index contributed by atoms with van der Waals surface area (Å²) in [5, 5.41) is 8.90. The number of ether oxygens (including phenoxy) is 1. The van der Waals surface area contributed by atoms with Gasteiger partial charge in [-0.2, -0.15) is 9.57 Å². The summed E-state index contributed by atoms with van der Waals surface area (Å²) in [4.78, 5) is 0.242. The van der Waals surface area contributed by atoms with Gasteiger partial charge in [-0.15, -0.1) is 0 Å². The van der Waals surface area contributed by atoms with Crippen LogP contribution < -0.4 is 4.74 Å². The van der Waals surface area contributed by atoms with E-state index in [2.05, 4.69) is 0 Å². The highest BCUT2D eigenvalue weighted by molar-refractivity contribution is 7.89. The molecule has 6 heteroatoms. The number of sulfonamides is 1. The molecule has 0 aliphatic carbocycles. The molecule has 2 aromatic rings. The molecule has 3 rings (SSSR count). The lowest BCUT2D eigenvalue weighted by atomic mass is 9.94. The molecule has 5 nitrogen and oxygen atoms in total. The average Bonchev–Trinajstić information content (AvgIpc) is 2.95. The highest BCUT2D eigenvalue weighted by atomic mass is 32.2. The van der Waals surface area contributed by atoms with Gasteiger partial charge in [0.2, 0.25) is 10.0 Å². The minimum Gasteiger partial charge on any atom is -0.497 e. The summed E-state index contributed by atoms with van der Waals surface area (Å²) in [6, 6.07) is 16.0. The number of methoxy groups -OCH3 is 1. The van der Waals surface area contributed by atoms with Crippen molar-refractivity contribution in [3.63, 3.8) is 0 Å². The normalized spacial score (nSPS) is 18.7. The first kappa shape index (κ1) is 18.4. The number of nitrogens with zero attached hydrogens (tertiary/aromatic N) is 2. The molecule has 0 spiro atoms. The Balaban J connectivity index is 1.84. The van der Waals surface area contributed by atoms with E-state index in [-0.39, 0.29) is 10.8 Å². The van der Waals surface area contributed by atoms with Gasteiger partial charge in [0.25, 0.3) is 0 Å². The molecule has 0 saturated carbocycles. The molecule has 1 heterocycles. The lowest BCUT2D eigenvalue weighted by Gasteiger charge is -2.24. The quantitative estimate of drug-likeness (QED) is 0.825. The van der Waals surface area contributed by atoms with E-state index in [1.54, 1.807) is 23.5 Å². The third-order valence-corrected chi connectivity index (χ3v) is 6.72. The van der Waals surface area contributed by atoms with E-state index in [1.807, 2.05) is 30.3 Å². The molecule has 1 atom stereocenters. The van der Waals surface area contributed by atoms with E-state index in [0.717, 1.165) is 30.6 Å². The number of benzene rings is 2. The largest absolute Gasteiger partial charge is 0.497 e. The van der Waals surface area contributed by atoms with Gasteiger partial charge in [-0.25, -0.2) is 8.42 Å². The van der Waals surface area contributed by atoms with Crippen LogP contribution in [0.3, 0.4) is 0 Å². The van der Waals surface area contributed by atoms with Crippen molar-refractivity contribution >= 4 is 10.0 Å². The van der Waals surface area contributed by atoms with Crippen molar-refractivity contribution in [2.24, 2.45) is 0 Å². The molecule has 0 bridgehead atoms. The monoisotopic (exact) mass is 370 g/mol. The summed E-state index contributed by atoms with van der Waals surface area (Å²) in [5.74, 6) is 0.959. The summed E-state index contributed by atoms with van der Waals surface area (Å²) in [5.41, 5.74) is 1.59. The molecule has 0 aromatic heterocycles. The standard InChI is InChI=1S/C20H22N2O3S/c1-25-19-9-7-17(8-10-19)18-4-2-3-13-22(15-18)26(23,24)20-11-5-16(14-21)6-12-20/h5-12,18H,2-4,13,15H2,1H3. The Kier molecular flexibility index (Phi) is 5.60. The van der Waals surface area contributed by atoms with Gasteiger partial charge in [0.15, 0.2) is 0 Å². The summed E-state index contributed by atoms with van der Waals surface area (Å²) in [6.07, 6.45) is 2.81. The SMILES string of the molecule is COc1ccc(C2CCCCN(S(=O)(=O)c3ccc(C#N)cc3)C2)cc1. The Morgan fingerprint density at radius 1 is 1.08 bits per heavy atom. The fraction of sp³-hybridized carbons (Fsp3) is 0.350. The van der Waals surface area contributed by atoms with Crippen molar-refractivity contribution in [1.82, 2.24) is 4.31 Å². The van der Waals surface area contributed by atoms with Gasteiger partial charge in [0.05, 0.1) is 23.6 Å². The molecule has 1 saturated heterocycles. The minimum atomic E-state index is -3.56. The average molecular weight is 370 g/mol. The van der Waals surface area contributed by atoms with Gasteiger partial charge in [-0.05, 0) is 60.7 Å². The first-order valence-corrected chi connectivity index (χ1v) is 10.1. The van der Waals surface area contributed by atoms with Gasteiger partial charge in [-0.3, -0.25) is 0 Å². The van der Waals surface area contributed by atoms with Crippen molar-refractivity contribution < 1.29 is 13.2 Å². The van der Waals surface area contributed by atoms with Gasteiger partial charge in [-0.1, -0.05) is 18.6 Å². The highest BCUT2D eigenvalue weighted by Gasteiger charge is 2.29. The van der Waals surface area contributed by atoms with E-state index in [1.165, 1.54) is 12.1 Å². The molecule has 1 aliphatic heterocycles. The van der Waals surface area contributed by atoms with Crippen molar-refractivity contribution in [2.45, 2.75) is 30.1 Å². The second-order valence-electron chi connectivity index (χ2n) is 6.47. The lowest BCUT2D eigenvalue weighted by molar-refractivity contribution is 0.404. The second kappa shape index (κ2) is 7.90. The summed E-state index contributed by atoms with van der Waals surface area (Å²) in [7, 11) is -1.93. The van der Waals surface area contributed by atoms with Crippen molar-refractivity contribution in [1.29, 1.82) is 5.26 Å². The van der Waals surface area contributed by atoms with Crippen LogP contribution >= 0.6 is 0 Å². The predicted molar refractivity (Wildman–Crippen MR) is 99.5 cm³/mol. The fourth-order valence-corrected chi connectivity index (χ4v) is 4.85. The van der Waals surface area contributed by atoms with E-state index >= 15 is 0 Å². The smallest absolute Gasteiger partial charge is 0.243 e. The van der Waals surface area contributed by atoms with E-state index < -0.39 is 10.0 Å². The van der Waals surface area contributed by atoms with E-state index in [4.69, 9.17) is 10.00 Å². The zero-order chi connectivity index (χ0) is 18.6. The van der Waals surface area contributed by atoms with Crippen LogP contribution in [0.2, 0.25) is 0 Å². The van der Waals surface area contributed by atoms with Crippen LogP contribution in [-0.2, 0) is 10.0 Å². The number of nitriles is 1. The third kappa shape index (κ3) is 3.90. The molecular formula is C20H22N2O3S. The van der Waals surface area contributed by atoms with Crippen LogP contribution in [0, 0.1) is 11.3 Å². The van der Waals surface area contributed by atoms with Crippen LogP contribution in [0.1, 0.15) is 36.3 Å². The second-order valence-corrected chi connectivity index (χ2v) is 8.40. The van der Waals surface area contributed by atoms with E-state index in [0.29, 0.717) is 18.7 Å². The molecule has 26 heavy (non-hydrogen) atoms. The van der Waals surface area contributed by atoms with Crippen LogP contribution in [0.5, 0.6) is 5.75 Å². The van der Waals surface area contributed by atoms with Crippen molar-refractivity contribution in [3.8, 4) is 11.8 Å². The third-order valence-electron chi connectivity index (χ3n) is 4.84. The lowest BCUT2D eigenvalue weighted by Crippen LogP contribution is -2.34. The maximum Gasteiger partial charge on any atom is 0.243 e. The molecule has 1 aliphatic rings. The Morgan fingerprint density at radius 2 is 1.77 bits per heavy atom. The molecule has 0 amide bonds. The molecule has 1 unspecified atom stereocenters. The number of rotatable bonds is 4. The molecule has 0 radical (unpaired) electrons. The molecule has 2 aromatic carbocycles. The minimum absolute atomic E-state index is 0.163. The predicted octanol–water partition coefficient (Wildman–Crippen LogP) is 3.53. The maximum absolute atomic E-state index is 13.0. The van der Waals surface area contributed by atoms with Crippen LogP contribution in [0.25, 0.3) is 0 Å². The Morgan fingerprint density at radius 3 is 2.38 bits per heavy atom. The van der Waals surface area contributed by atoms with Gasteiger partial charge in [0, 0.05) is 13.1 Å². The molecule has 1 fully saturated rings. The zero-order valence-electron chi connectivity index (χ0n) is 14.8. The van der Waals surface area contributed by atoms with E-state index in [9.17, 15) is 8.42 Å². The van der Waals surface area contributed by atoms with Crippen molar-refractivity contribution in [2.75, 3.05) is 20.2 Å². The zero-order valence-corrected chi connectivity index (χ0v) is 15.6. The Hall–Kier alpha value is -2.36. The Labute approximate surface area is 154 Å². The molecular weight excluding hydrogens is 348 g/mol. The van der Waals surface area contributed by atoms with Gasteiger partial charge in [0.1, 0.15) is 5.75 Å². The van der Waals surface area contributed by atoms with Crippen LogP contribution in [-0.4, -0.2) is 32.9 Å². The number of hydrogen-bond donors (Lipinski definition) is 0.